The van der Waals surface area contributed by atoms with Gasteiger partial charge in [0.1, 0.15) is 0 Å². The molecule has 0 saturated carbocycles. The maximum Gasteiger partial charge on any atom is 0.0714 e. The molecule has 56 heavy (non-hydrogen) atoms. The van der Waals surface area contributed by atoms with E-state index in [-0.39, 0.29) is 0 Å². The normalized spacial score (nSPS) is 14.1. The molecule has 0 amide bonds. The highest BCUT2D eigenvalue weighted by Gasteiger charge is 2.46. The van der Waals surface area contributed by atoms with Crippen LogP contribution >= 0.6 is 0 Å². The molecule has 0 saturated heterocycles. The second-order valence-electron chi connectivity index (χ2n) is 14.5. The van der Waals surface area contributed by atoms with E-state index in [4.69, 9.17) is 0 Å². The fourth-order valence-electron chi connectivity index (χ4n) is 8.76. The van der Waals surface area contributed by atoms with Crippen LogP contribution in [0.2, 0.25) is 0 Å². The third-order valence-corrected chi connectivity index (χ3v) is 11.4. The summed E-state index contributed by atoms with van der Waals surface area (Å²) in [5.41, 5.74) is 17.6. The van der Waals surface area contributed by atoms with Gasteiger partial charge in [0.15, 0.2) is 0 Å². The zero-order chi connectivity index (χ0) is 37.3. The van der Waals surface area contributed by atoms with Crippen molar-refractivity contribution >= 4 is 17.1 Å². The molecule has 1 unspecified atom stereocenters. The summed E-state index contributed by atoms with van der Waals surface area (Å²) in [6.45, 7) is 0. The molecule has 1 aliphatic carbocycles. The molecule has 0 aromatic heterocycles. The molecule has 0 bridgehead atoms. The maximum absolute atomic E-state index is 2.45. The molecule has 9 aromatic carbocycles. The molecule has 0 aliphatic heterocycles. The van der Waals surface area contributed by atoms with E-state index in [1.165, 1.54) is 66.8 Å². The van der Waals surface area contributed by atoms with E-state index in [0.29, 0.717) is 0 Å². The number of benzene rings is 9. The van der Waals surface area contributed by atoms with Crippen molar-refractivity contribution in [1.29, 1.82) is 0 Å². The molecule has 10 rings (SSSR count). The monoisotopic (exact) mass is 713 g/mol. The van der Waals surface area contributed by atoms with Crippen molar-refractivity contribution in [3.05, 3.63) is 259 Å². The van der Waals surface area contributed by atoms with Crippen LogP contribution in [0, 0.1) is 0 Å². The van der Waals surface area contributed by atoms with E-state index in [1.54, 1.807) is 0 Å². The smallest absolute Gasteiger partial charge is 0.0714 e. The first-order valence-electron chi connectivity index (χ1n) is 19.3. The van der Waals surface area contributed by atoms with Crippen molar-refractivity contribution in [2.45, 2.75) is 5.41 Å². The summed E-state index contributed by atoms with van der Waals surface area (Å²) in [6.07, 6.45) is 0. The van der Waals surface area contributed by atoms with E-state index in [2.05, 4.69) is 241 Å². The van der Waals surface area contributed by atoms with E-state index < -0.39 is 5.41 Å². The molecule has 0 N–H and O–H groups in total. The molecule has 1 heteroatoms. The third kappa shape index (κ3) is 5.73. The van der Waals surface area contributed by atoms with Gasteiger partial charge in [-0.05, 0) is 109 Å². The van der Waals surface area contributed by atoms with Crippen molar-refractivity contribution in [2.75, 3.05) is 4.90 Å². The van der Waals surface area contributed by atoms with Gasteiger partial charge in [0.05, 0.1) is 5.41 Å². The number of hydrogen-bond acceptors (Lipinski definition) is 1. The Bertz CT molecular complexity index is 2670. The molecule has 0 fully saturated rings. The topological polar surface area (TPSA) is 3.24 Å². The Morgan fingerprint density at radius 2 is 0.661 bits per heavy atom. The minimum atomic E-state index is -0.548. The van der Waals surface area contributed by atoms with Gasteiger partial charge >= 0.3 is 0 Å². The van der Waals surface area contributed by atoms with E-state index in [1.807, 2.05) is 0 Å². The van der Waals surface area contributed by atoms with Crippen LogP contribution in [0.3, 0.4) is 0 Å². The first-order chi connectivity index (χ1) is 27.8. The predicted molar refractivity (Wildman–Crippen MR) is 235 cm³/mol. The molecular formula is C55H39N. The largest absolute Gasteiger partial charge is 0.310 e. The van der Waals surface area contributed by atoms with Gasteiger partial charge in [0.25, 0.3) is 0 Å². The SMILES string of the molecule is c1ccc(-c2ccc(N(c3ccc(-c4ccccc4)cc3)c3ccc4c(c3)C(c3ccccc3)(c3cccc(-c5ccccc5)c3)c3ccccc3-4)cc2)cc1. The van der Waals surface area contributed by atoms with Crippen molar-refractivity contribution in [2.24, 2.45) is 0 Å². The summed E-state index contributed by atoms with van der Waals surface area (Å²) in [7, 11) is 0. The van der Waals surface area contributed by atoms with Gasteiger partial charge in [0, 0.05) is 17.1 Å². The van der Waals surface area contributed by atoms with Gasteiger partial charge in [-0.1, -0.05) is 194 Å². The van der Waals surface area contributed by atoms with Crippen LogP contribution in [0.5, 0.6) is 0 Å². The zero-order valence-electron chi connectivity index (χ0n) is 31.0. The Labute approximate surface area is 329 Å². The lowest BCUT2D eigenvalue weighted by Gasteiger charge is -2.35. The first-order valence-corrected chi connectivity index (χ1v) is 19.3. The summed E-state index contributed by atoms with van der Waals surface area (Å²) < 4.78 is 0. The van der Waals surface area contributed by atoms with Crippen molar-refractivity contribution in [1.82, 2.24) is 0 Å². The average Bonchev–Trinajstić information content (AvgIpc) is 3.59. The number of nitrogens with zero attached hydrogens (tertiary/aromatic N) is 1. The molecular weight excluding hydrogens is 675 g/mol. The molecule has 0 spiro atoms. The number of anilines is 3. The molecule has 9 aromatic rings. The van der Waals surface area contributed by atoms with Crippen LogP contribution in [-0.4, -0.2) is 0 Å². The summed E-state index contributed by atoms with van der Waals surface area (Å²) >= 11 is 0. The number of rotatable bonds is 8. The molecule has 0 radical (unpaired) electrons. The van der Waals surface area contributed by atoms with Crippen LogP contribution < -0.4 is 4.90 Å². The van der Waals surface area contributed by atoms with Gasteiger partial charge in [-0.15, -0.1) is 0 Å². The highest BCUT2D eigenvalue weighted by Crippen LogP contribution is 2.57. The van der Waals surface area contributed by atoms with Gasteiger partial charge in [-0.25, -0.2) is 0 Å². The second-order valence-corrected chi connectivity index (χ2v) is 14.5. The lowest BCUT2D eigenvalue weighted by molar-refractivity contribution is 0.769. The molecule has 0 heterocycles. The molecule has 1 atom stereocenters. The van der Waals surface area contributed by atoms with Gasteiger partial charge < -0.3 is 4.90 Å². The predicted octanol–water partition coefficient (Wildman–Crippen LogP) is 14.5. The number of hydrogen-bond donors (Lipinski definition) is 0. The van der Waals surface area contributed by atoms with Crippen LogP contribution in [0.25, 0.3) is 44.5 Å². The highest BCUT2D eigenvalue weighted by atomic mass is 15.1. The number of fused-ring (bicyclic) bond motifs is 3. The lowest BCUT2D eigenvalue weighted by Crippen LogP contribution is -2.29. The van der Waals surface area contributed by atoms with Crippen LogP contribution in [0.15, 0.2) is 237 Å². The zero-order valence-corrected chi connectivity index (χ0v) is 31.0. The summed E-state index contributed by atoms with van der Waals surface area (Å²) in [5, 5.41) is 0. The van der Waals surface area contributed by atoms with Gasteiger partial charge in [0.2, 0.25) is 0 Å². The Morgan fingerprint density at radius 3 is 1.23 bits per heavy atom. The first kappa shape index (κ1) is 33.4. The van der Waals surface area contributed by atoms with Crippen LogP contribution in [0.4, 0.5) is 17.1 Å². The van der Waals surface area contributed by atoms with Crippen LogP contribution in [-0.2, 0) is 5.41 Å². The average molecular weight is 714 g/mol. The minimum Gasteiger partial charge on any atom is -0.310 e. The molecule has 264 valence electrons. The van der Waals surface area contributed by atoms with Crippen molar-refractivity contribution < 1.29 is 0 Å². The van der Waals surface area contributed by atoms with Gasteiger partial charge in [-0.2, -0.15) is 0 Å². The lowest BCUT2D eigenvalue weighted by atomic mass is 9.67. The molecule has 1 aliphatic rings. The Morgan fingerprint density at radius 1 is 0.250 bits per heavy atom. The fraction of sp³-hybridized carbons (Fsp3) is 0.0182. The third-order valence-electron chi connectivity index (χ3n) is 11.4. The standard InChI is InChI=1S/C55H39N/c1-5-16-40(17-6-1)43-28-32-48(33-29-43)56(49-34-30-44(31-35-49)41-18-7-2-8-19-41)50-36-37-52-51-26-13-14-27-53(51)55(54(52)39-50,46-23-11-4-12-24-46)47-25-15-22-45(38-47)42-20-9-3-10-21-42/h1-39H. The van der Waals surface area contributed by atoms with E-state index >= 15 is 0 Å². The fourth-order valence-corrected chi connectivity index (χ4v) is 8.76. The van der Waals surface area contributed by atoms with Crippen LogP contribution in [0.1, 0.15) is 22.3 Å². The maximum atomic E-state index is 2.45. The Kier molecular flexibility index (Phi) is 8.46. The van der Waals surface area contributed by atoms with E-state index in [0.717, 1.165) is 17.1 Å². The van der Waals surface area contributed by atoms with Gasteiger partial charge in [-0.3, -0.25) is 0 Å². The quantitative estimate of drug-likeness (QED) is 0.152. The molecule has 1 nitrogen and oxygen atoms in total. The second kappa shape index (κ2) is 14.2. The summed E-state index contributed by atoms with van der Waals surface area (Å²) in [5.74, 6) is 0. The Hall–Kier alpha value is -7.22. The minimum absolute atomic E-state index is 0.548. The van der Waals surface area contributed by atoms with Crippen molar-refractivity contribution in [3.8, 4) is 44.5 Å². The Balaban J connectivity index is 1.19. The summed E-state index contributed by atoms with van der Waals surface area (Å²) in [4.78, 5) is 2.41. The van der Waals surface area contributed by atoms with E-state index in [9.17, 15) is 0 Å². The highest BCUT2D eigenvalue weighted by molar-refractivity contribution is 5.90. The van der Waals surface area contributed by atoms with Crippen molar-refractivity contribution in [3.63, 3.8) is 0 Å². The summed E-state index contributed by atoms with van der Waals surface area (Å²) in [6, 6.07) is 86.3.